The average molecular weight is 318 g/mol. The van der Waals surface area contributed by atoms with Crippen LogP contribution >= 0.6 is 0 Å². The molecule has 1 aromatic carbocycles. The second-order valence-electron chi connectivity index (χ2n) is 5.73. The van der Waals surface area contributed by atoms with Gasteiger partial charge >= 0.3 is 11.9 Å². The Balaban J connectivity index is 2.18. The molecular weight excluding hydrogens is 296 g/mol. The average Bonchev–Trinajstić information content (AvgIpc) is 2.80. The summed E-state index contributed by atoms with van der Waals surface area (Å²) in [4.78, 5) is 23.0. The first-order chi connectivity index (χ1) is 10.9. The second-order valence-corrected chi connectivity index (χ2v) is 5.73. The molecule has 0 spiro atoms. The van der Waals surface area contributed by atoms with E-state index in [-0.39, 0.29) is 17.6 Å². The largest absolute Gasteiger partial charge is 0.462 e. The van der Waals surface area contributed by atoms with Crippen molar-refractivity contribution >= 4 is 11.9 Å². The zero-order chi connectivity index (χ0) is 17.0. The van der Waals surface area contributed by atoms with Crippen LogP contribution in [0.3, 0.4) is 0 Å². The number of esters is 2. The molecular formula is C18H22O5. The Hall–Kier alpha value is -2.14. The lowest BCUT2D eigenvalue weighted by atomic mass is 9.85. The van der Waals surface area contributed by atoms with Gasteiger partial charge in [0, 0.05) is 18.9 Å². The van der Waals surface area contributed by atoms with E-state index in [1.165, 1.54) is 6.92 Å². The normalized spacial score (nSPS) is 23.3. The van der Waals surface area contributed by atoms with Gasteiger partial charge in [0.1, 0.15) is 12.2 Å². The van der Waals surface area contributed by atoms with Crippen LogP contribution in [-0.4, -0.2) is 29.3 Å². The minimum Gasteiger partial charge on any atom is -0.462 e. The maximum absolute atomic E-state index is 11.9. The Labute approximate surface area is 135 Å². The number of cyclic esters (lactones) is 1. The molecule has 1 saturated heterocycles. The fourth-order valence-corrected chi connectivity index (χ4v) is 2.89. The van der Waals surface area contributed by atoms with E-state index in [1.807, 2.05) is 25.1 Å². The van der Waals surface area contributed by atoms with Gasteiger partial charge in [-0.05, 0) is 12.0 Å². The van der Waals surface area contributed by atoms with Gasteiger partial charge in [0.2, 0.25) is 0 Å². The summed E-state index contributed by atoms with van der Waals surface area (Å²) in [6, 6.07) is 9.08. The van der Waals surface area contributed by atoms with Crippen molar-refractivity contribution in [3.63, 3.8) is 0 Å². The Kier molecular flexibility index (Phi) is 5.55. The molecule has 0 saturated carbocycles. The first kappa shape index (κ1) is 17.2. The van der Waals surface area contributed by atoms with Gasteiger partial charge in [-0.25, -0.2) is 4.79 Å². The molecule has 5 nitrogen and oxygen atoms in total. The second kappa shape index (κ2) is 7.42. The predicted octanol–water partition coefficient (Wildman–Crippen LogP) is 2.55. The number of hydrogen-bond donors (Lipinski definition) is 1. The minimum absolute atomic E-state index is 0.254. The lowest BCUT2D eigenvalue weighted by Gasteiger charge is -2.26. The molecule has 1 N–H and O–H groups in total. The van der Waals surface area contributed by atoms with E-state index in [9.17, 15) is 14.7 Å². The van der Waals surface area contributed by atoms with Gasteiger partial charge in [-0.1, -0.05) is 43.8 Å². The molecule has 1 heterocycles. The third kappa shape index (κ3) is 3.99. The van der Waals surface area contributed by atoms with Crippen molar-refractivity contribution in [2.24, 2.45) is 5.92 Å². The van der Waals surface area contributed by atoms with Crippen molar-refractivity contribution in [1.82, 2.24) is 0 Å². The van der Waals surface area contributed by atoms with E-state index in [0.29, 0.717) is 18.4 Å². The van der Waals surface area contributed by atoms with Gasteiger partial charge in [0.25, 0.3) is 0 Å². The summed E-state index contributed by atoms with van der Waals surface area (Å²) in [7, 11) is 0. The molecule has 1 fully saturated rings. The number of aliphatic hydroxyl groups is 1. The van der Waals surface area contributed by atoms with Gasteiger partial charge in [-0.3, -0.25) is 4.79 Å². The molecule has 1 aromatic rings. The first-order valence-electron chi connectivity index (χ1n) is 7.74. The highest BCUT2D eigenvalue weighted by molar-refractivity contribution is 5.91. The molecule has 0 bridgehead atoms. The van der Waals surface area contributed by atoms with Crippen LogP contribution in [0.5, 0.6) is 0 Å². The van der Waals surface area contributed by atoms with E-state index in [0.717, 1.165) is 0 Å². The summed E-state index contributed by atoms with van der Waals surface area (Å²) in [6.07, 6.45) is -0.866. The van der Waals surface area contributed by atoms with Gasteiger partial charge in [-0.2, -0.15) is 0 Å². The highest BCUT2D eigenvalue weighted by Crippen LogP contribution is 2.39. The van der Waals surface area contributed by atoms with Crippen LogP contribution in [0.2, 0.25) is 0 Å². The maximum Gasteiger partial charge on any atom is 0.334 e. The Morgan fingerprint density at radius 2 is 2.04 bits per heavy atom. The summed E-state index contributed by atoms with van der Waals surface area (Å²) in [5, 5.41) is 10.6. The number of rotatable bonds is 6. The van der Waals surface area contributed by atoms with Gasteiger partial charge < -0.3 is 14.6 Å². The first-order valence-corrected chi connectivity index (χ1v) is 7.74. The summed E-state index contributed by atoms with van der Waals surface area (Å²) in [5.41, 5.74) is 0.950. The van der Waals surface area contributed by atoms with Crippen molar-refractivity contribution in [3.05, 3.63) is 48.0 Å². The van der Waals surface area contributed by atoms with Crippen molar-refractivity contribution in [1.29, 1.82) is 0 Å². The minimum atomic E-state index is -0.894. The van der Waals surface area contributed by atoms with E-state index in [2.05, 4.69) is 6.58 Å². The number of hydrogen-bond acceptors (Lipinski definition) is 5. The van der Waals surface area contributed by atoms with E-state index >= 15 is 0 Å². The zero-order valence-electron chi connectivity index (χ0n) is 13.4. The lowest BCUT2D eigenvalue weighted by Crippen LogP contribution is -2.29. The van der Waals surface area contributed by atoms with Crippen LogP contribution in [0.1, 0.15) is 38.4 Å². The van der Waals surface area contributed by atoms with Crippen molar-refractivity contribution in [2.75, 3.05) is 0 Å². The molecule has 23 heavy (non-hydrogen) atoms. The number of carbonyl (C=O) groups excluding carboxylic acids is 2. The van der Waals surface area contributed by atoms with Crippen LogP contribution in [0.15, 0.2) is 42.5 Å². The van der Waals surface area contributed by atoms with E-state index in [1.54, 1.807) is 12.1 Å². The Morgan fingerprint density at radius 1 is 1.39 bits per heavy atom. The van der Waals surface area contributed by atoms with Crippen LogP contribution < -0.4 is 0 Å². The number of aliphatic hydroxyl groups excluding tert-OH is 1. The van der Waals surface area contributed by atoms with E-state index < -0.39 is 24.1 Å². The Bertz CT molecular complexity index is 580. The maximum atomic E-state index is 11.9. The molecule has 1 aliphatic heterocycles. The Morgan fingerprint density at radius 3 is 2.61 bits per heavy atom. The van der Waals surface area contributed by atoms with Crippen molar-refractivity contribution in [2.45, 2.75) is 45.0 Å². The topological polar surface area (TPSA) is 72.8 Å². The summed E-state index contributed by atoms with van der Waals surface area (Å²) in [5.74, 6) is -1.43. The van der Waals surface area contributed by atoms with Crippen molar-refractivity contribution in [3.8, 4) is 0 Å². The van der Waals surface area contributed by atoms with Gasteiger partial charge in [0.15, 0.2) is 0 Å². The monoisotopic (exact) mass is 318 g/mol. The van der Waals surface area contributed by atoms with Crippen LogP contribution in [0.4, 0.5) is 0 Å². The number of ether oxygens (including phenoxy) is 2. The fraction of sp³-hybridized carbons (Fsp3) is 0.444. The fourth-order valence-electron chi connectivity index (χ4n) is 2.89. The molecule has 0 radical (unpaired) electrons. The quantitative estimate of drug-likeness (QED) is 0.644. The summed E-state index contributed by atoms with van der Waals surface area (Å²) in [6.45, 7) is 7.00. The molecule has 0 aromatic heterocycles. The smallest absolute Gasteiger partial charge is 0.334 e. The summed E-state index contributed by atoms with van der Waals surface area (Å²) < 4.78 is 10.6. The standard InChI is InChI=1S/C18H22O5/c1-4-14(22-12(3)19)10-15-16(11(2)18(21)23-15)17(20)13-8-6-5-7-9-13/h5-9,14-17,20H,2,4,10H2,1,3H3/t14-,15+,16-,17-/m0/s1. The third-order valence-corrected chi connectivity index (χ3v) is 4.09. The predicted molar refractivity (Wildman–Crippen MR) is 84.4 cm³/mol. The molecule has 0 amide bonds. The van der Waals surface area contributed by atoms with E-state index in [4.69, 9.17) is 9.47 Å². The molecule has 124 valence electrons. The van der Waals surface area contributed by atoms with Crippen molar-refractivity contribution < 1.29 is 24.2 Å². The molecule has 1 aliphatic rings. The highest BCUT2D eigenvalue weighted by Gasteiger charge is 2.44. The third-order valence-electron chi connectivity index (χ3n) is 4.09. The molecule has 0 unspecified atom stereocenters. The number of carbonyl (C=O) groups is 2. The van der Waals surface area contributed by atoms with Crippen LogP contribution in [-0.2, 0) is 19.1 Å². The highest BCUT2D eigenvalue weighted by atomic mass is 16.6. The molecule has 0 aliphatic carbocycles. The lowest BCUT2D eigenvalue weighted by molar-refractivity contribution is -0.150. The van der Waals surface area contributed by atoms with Crippen LogP contribution in [0, 0.1) is 5.92 Å². The zero-order valence-corrected chi connectivity index (χ0v) is 13.4. The van der Waals surface area contributed by atoms with Crippen LogP contribution in [0.25, 0.3) is 0 Å². The summed E-state index contributed by atoms with van der Waals surface area (Å²) >= 11 is 0. The molecule has 5 heteroatoms. The van der Waals surface area contributed by atoms with Gasteiger partial charge in [0.05, 0.1) is 12.0 Å². The number of benzene rings is 1. The SMILES string of the molecule is C=C1C(=O)O[C@H](C[C@H](CC)OC(C)=O)[C@H]1[C@@H](O)c1ccccc1. The molecule has 4 atom stereocenters. The van der Waals surface area contributed by atoms with Gasteiger partial charge in [-0.15, -0.1) is 0 Å². The molecule has 2 rings (SSSR count).